The van der Waals surface area contributed by atoms with Crippen LogP contribution in [0.25, 0.3) is 0 Å². The molecule has 1 unspecified atom stereocenters. The molecular formula is C13H17ClN2O3. The summed E-state index contributed by atoms with van der Waals surface area (Å²) in [4.78, 5) is 10.3. The molecule has 1 N–H and O–H groups in total. The van der Waals surface area contributed by atoms with E-state index in [0.29, 0.717) is 6.54 Å². The molecule has 2 rings (SSSR count). The molecule has 6 heteroatoms. The summed E-state index contributed by atoms with van der Waals surface area (Å²) in [5.41, 5.74) is 1.39. The lowest BCUT2D eigenvalue weighted by Crippen LogP contribution is -2.32. The Morgan fingerprint density at radius 3 is 2.89 bits per heavy atom. The first-order valence-corrected chi connectivity index (χ1v) is 6.61. The molecule has 1 heterocycles. The van der Waals surface area contributed by atoms with Gasteiger partial charge in [-0.3, -0.25) is 10.1 Å². The first-order chi connectivity index (χ1) is 8.91. The number of nitrogens with one attached hydrogen (secondary N) is 1. The van der Waals surface area contributed by atoms with Crippen LogP contribution in [-0.2, 0) is 4.74 Å². The number of halogens is 1. The van der Waals surface area contributed by atoms with Gasteiger partial charge in [-0.1, -0.05) is 11.6 Å². The molecule has 0 aliphatic carbocycles. The molecule has 0 saturated carbocycles. The third-order valence-electron chi connectivity index (χ3n) is 3.44. The quantitative estimate of drug-likeness (QED) is 0.678. The predicted octanol–water partition coefficient (Wildman–Crippen LogP) is 3.54. The summed E-state index contributed by atoms with van der Waals surface area (Å²) in [6.07, 6.45) is 2.08. The predicted molar refractivity (Wildman–Crippen MR) is 74.9 cm³/mol. The second kappa shape index (κ2) is 5.35. The summed E-state index contributed by atoms with van der Waals surface area (Å²) in [7, 11) is 0. The fraction of sp³-hybridized carbons (Fsp3) is 0.538. The third kappa shape index (κ3) is 3.16. The second-order valence-corrected chi connectivity index (χ2v) is 5.54. The summed E-state index contributed by atoms with van der Waals surface area (Å²) in [5, 5.41) is 14.2. The smallest absolute Gasteiger partial charge is 0.288 e. The maximum absolute atomic E-state index is 10.8. The van der Waals surface area contributed by atoms with Gasteiger partial charge in [0.15, 0.2) is 0 Å². The Hall–Kier alpha value is -1.33. The molecule has 0 bridgehead atoms. The first-order valence-electron chi connectivity index (χ1n) is 6.24. The van der Waals surface area contributed by atoms with Gasteiger partial charge in [0.25, 0.3) is 5.69 Å². The average molecular weight is 285 g/mol. The molecule has 104 valence electrons. The fourth-order valence-corrected chi connectivity index (χ4v) is 2.49. The van der Waals surface area contributed by atoms with Crippen molar-refractivity contribution in [2.24, 2.45) is 0 Å². The Balaban J connectivity index is 2.13. The van der Waals surface area contributed by atoms with Crippen molar-refractivity contribution in [2.45, 2.75) is 32.3 Å². The van der Waals surface area contributed by atoms with Crippen LogP contribution in [0.15, 0.2) is 12.1 Å². The van der Waals surface area contributed by atoms with Crippen molar-refractivity contribution in [1.29, 1.82) is 0 Å². The number of aryl methyl sites for hydroxylation is 1. The van der Waals surface area contributed by atoms with Crippen LogP contribution in [0.5, 0.6) is 0 Å². The molecule has 1 aromatic rings. The van der Waals surface area contributed by atoms with E-state index in [4.69, 9.17) is 16.3 Å². The van der Waals surface area contributed by atoms with Crippen LogP contribution in [0.3, 0.4) is 0 Å². The molecule has 0 aromatic heterocycles. The molecule has 1 aliphatic rings. The van der Waals surface area contributed by atoms with E-state index in [1.807, 2.05) is 6.92 Å². The van der Waals surface area contributed by atoms with E-state index < -0.39 is 4.92 Å². The van der Waals surface area contributed by atoms with Crippen LogP contribution in [0.1, 0.15) is 25.3 Å². The second-order valence-electron chi connectivity index (χ2n) is 5.13. The van der Waals surface area contributed by atoms with Crippen LogP contribution < -0.4 is 5.32 Å². The van der Waals surface area contributed by atoms with Gasteiger partial charge < -0.3 is 10.1 Å². The van der Waals surface area contributed by atoms with Gasteiger partial charge in [0.1, 0.15) is 5.02 Å². The van der Waals surface area contributed by atoms with Crippen molar-refractivity contribution < 1.29 is 9.66 Å². The van der Waals surface area contributed by atoms with Gasteiger partial charge in [-0.05, 0) is 38.3 Å². The summed E-state index contributed by atoms with van der Waals surface area (Å²) in [6, 6.07) is 3.09. The monoisotopic (exact) mass is 284 g/mol. The van der Waals surface area contributed by atoms with Crippen molar-refractivity contribution in [3.63, 3.8) is 0 Å². The topological polar surface area (TPSA) is 64.4 Å². The minimum atomic E-state index is -0.472. The van der Waals surface area contributed by atoms with Crippen molar-refractivity contribution in [3.8, 4) is 0 Å². The van der Waals surface area contributed by atoms with Crippen LogP contribution in [0.4, 0.5) is 11.4 Å². The van der Waals surface area contributed by atoms with Crippen molar-refractivity contribution >= 4 is 23.0 Å². The minimum Gasteiger partial charge on any atom is -0.382 e. The summed E-state index contributed by atoms with van der Waals surface area (Å²) in [5.74, 6) is 0. The van der Waals surface area contributed by atoms with E-state index >= 15 is 0 Å². The molecule has 1 aromatic carbocycles. The molecule has 19 heavy (non-hydrogen) atoms. The lowest BCUT2D eigenvalue weighted by atomic mass is 10.0. The average Bonchev–Trinajstić information content (AvgIpc) is 2.77. The normalized spacial score (nSPS) is 22.5. The Morgan fingerprint density at radius 1 is 1.58 bits per heavy atom. The zero-order valence-electron chi connectivity index (χ0n) is 11.0. The fourth-order valence-electron chi connectivity index (χ4n) is 2.26. The highest BCUT2D eigenvalue weighted by Crippen LogP contribution is 2.32. The molecular weight excluding hydrogens is 268 g/mol. The minimum absolute atomic E-state index is 0.0620. The van der Waals surface area contributed by atoms with E-state index in [9.17, 15) is 10.1 Å². The zero-order chi connectivity index (χ0) is 14.0. The van der Waals surface area contributed by atoms with E-state index in [2.05, 4.69) is 12.2 Å². The number of nitro groups is 1. The van der Waals surface area contributed by atoms with E-state index in [1.165, 1.54) is 6.07 Å². The zero-order valence-corrected chi connectivity index (χ0v) is 11.8. The standard InChI is InChI=1S/C13H17ClN2O3/c1-9-6-12(16(17)18)10(14)7-11(9)15-8-13(2)4-3-5-19-13/h6-7,15H,3-5,8H2,1-2H3. The maximum atomic E-state index is 10.8. The number of ether oxygens (including phenoxy) is 1. The van der Waals surface area contributed by atoms with Gasteiger partial charge in [0, 0.05) is 24.9 Å². The number of nitro benzene ring substituents is 1. The van der Waals surface area contributed by atoms with Gasteiger partial charge in [-0.15, -0.1) is 0 Å². The van der Waals surface area contributed by atoms with Gasteiger partial charge in [0.2, 0.25) is 0 Å². The van der Waals surface area contributed by atoms with Crippen LogP contribution >= 0.6 is 11.6 Å². The maximum Gasteiger partial charge on any atom is 0.288 e. The Morgan fingerprint density at radius 2 is 2.32 bits per heavy atom. The largest absolute Gasteiger partial charge is 0.382 e. The number of nitrogens with zero attached hydrogens (tertiary/aromatic N) is 1. The summed E-state index contributed by atoms with van der Waals surface area (Å²) in [6.45, 7) is 5.35. The van der Waals surface area contributed by atoms with Crippen LogP contribution in [0.2, 0.25) is 5.02 Å². The number of hydrogen-bond acceptors (Lipinski definition) is 4. The van der Waals surface area contributed by atoms with E-state index in [-0.39, 0.29) is 16.3 Å². The van der Waals surface area contributed by atoms with E-state index in [0.717, 1.165) is 30.7 Å². The summed E-state index contributed by atoms with van der Waals surface area (Å²) < 4.78 is 5.69. The van der Waals surface area contributed by atoms with Crippen LogP contribution in [0, 0.1) is 17.0 Å². The number of rotatable bonds is 4. The lowest BCUT2D eigenvalue weighted by Gasteiger charge is -2.24. The first kappa shape index (κ1) is 14.1. The lowest BCUT2D eigenvalue weighted by molar-refractivity contribution is -0.384. The highest BCUT2D eigenvalue weighted by molar-refractivity contribution is 6.33. The third-order valence-corrected chi connectivity index (χ3v) is 3.75. The molecule has 1 atom stereocenters. The molecule has 0 amide bonds. The highest BCUT2D eigenvalue weighted by Gasteiger charge is 2.29. The van der Waals surface area contributed by atoms with Crippen molar-refractivity contribution in [2.75, 3.05) is 18.5 Å². The molecule has 0 radical (unpaired) electrons. The molecule has 1 saturated heterocycles. The number of benzene rings is 1. The van der Waals surface area contributed by atoms with Gasteiger partial charge in [-0.25, -0.2) is 0 Å². The van der Waals surface area contributed by atoms with Gasteiger partial charge in [0.05, 0.1) is 10.5 Å². The van der Waals surface area contributed by atoms with Crippen molar-refractivity contribution in [1.82, 2.24) is 0 Å². The van der Waals surface area contributed by atoms with E-state index in [1.54, 1.807) is 6.07 Å². The number of anilines is 1. The molecule has 1 aliphatic heterocycles. The SMILES string of the molecule is Cc1cc([N+](=O)[O-])c(Cl)cc1NCC1(C)CCCO1. The van der Waals surface area contributed by atoms with Gasteiger partial charge >= 0.3 is 0 Å². The Labute approximate surface area is 117 Å². The Bertz CT molecular complexity index is 499. The molecule has 0 spiro atoms. The van der Waals surface area contributed by atoms with Crippen LogP contribution in [-0.4, -0.2) is 23.7 Å². The highest BCUT2D eigenvalue weighted by atomic mass is 35.5. The van der Waals surface area contributed by atoms with Gasteiger partial charge in [-0.2, -0.15) is 0 Å². The molecule has 5 nitrogen and oxygen atoms in total. The molecule has 1 fully saturated rings. The number of hydrogen-bond donors (Lipinski definition) is 1. The van der Waals surface area contributed by atoms with Crippen molar-refractivity contribution in [3.05, 3.63) is 32.8 Å². The Kier molecular flexibility index (Phi) is 3.96. The summed E-state index contributed by atoms with van der Waals surface area (Å²) >= 11 is 5.91.